The van der Waals surface area contributed by atoms with Gasteiger partial charge in [-0.2, -0.15) is 0 Å². The van der Waals surface area contributed by atoms with Gasteiger partial charge in [0, 0.05) is 6.54 Å². The van der Waals surface area contributed by atoms with Crippen molar-refractivity contribution < 1.29 is 14.7 Å². The largest absolute Gasteiger partial charge is 0.444 e. The van der Waals surface area contributed by atoms with Crippen LogP contribution in [0.2, 0.25) is 0 Å². The zero-order chi connectivity index (χ0) is 13.1. The van der Waals surface area contributed by atoms with E-state index in [1.54, 1.807) is 20.8 Å². The average Bonchev–Trinajstić information content (AvgIpc) is 2.25. The van der Waals surface area contributed by atoms with E-state index in [0.717, 1.165) is 12.8 Å². The molecule has 1 aliphatic heterocycles. The second-order valence-corrected chi connectivity index (χ2v) is 5.21. The van der Waals surface area contributed by atoms with Gasteiger partial charge in [-0.15, -0.1) is 0 Å². The first-order valence-electron chi connectivity index (χ1n) is 5.83. The Morgan fingerprint density at radius 1 is 1.47 bits per heavy atom. The molecular formula is C11H21N3O3. The average molecular weight is 243 g/mol. The lowest BCUT2D eigenvalue weighted by Gasteiger charge is -2.36. The van der Waals surface area contributed by atoms with E-state index in [1.807, 2.05) is 5.48 Å². The predicted octanol–water partition coefficient (Wildman–Crippen LogP) is 1.73. The van der Waals surface area contributed by atoms with Crippen molar-refractivity contribution in [3.63, 3.8) is 0 Å². The fraction of sp³-hybridized carbons (Fsp3) is 0.818. The van der Waals surface area contributed by atoms with Crippen LogP contribution < -0.4 is 5.48 Å². The molecule has 0 radical (unpaired) electrons. The van der Waals surface area contributed by atoms with Crippen LogP contribution in [-0.2, 0) is 4.74 Å². The van der Waals surface area contributed by atoms with E-state index in [2.05, 4.69) is 0 Å². The lowest BCUT2D eigenvalue weighted by atomic mass is 10.0. The van der Waals surface area contributed by atoms with Crippen molar-refractivity contribution in [2.75, 3.05) is 6.54 Å². The minimum atomic E-state index is -0.548. The van der Waals surface area contributed by atoms with E-state index in [4.69, 9.17) is 15.4 Å². The highest BCUT2D eigenvalue weighted by Gasteiger charge is 2.32. The number of likely N-dealkylation sites (tertiary alicyclic amines) is 1. The highest BCUT2D eigenvalue weighted by molar-refractivity contribution is 5.87. The molecule has 1 heterocycles. The minimum absolute atomic E-state index is 0.0597. The highest BCUT2D eigenvalue weighted by atomic mass is 16.6. The molecule has 1 fully saturated rings. The van der Waals surface area contributed by atoms with Gasteiger partial charge in [0.2, 0.25) is 0 Å². The molecule has 1 amide bonds. The number of nitrogens with zero attached hydrogens (tertiary/aromatic N) is 1. The van der Waals surface area contributed by atoms with Gasteiger partial charge in [-0.3, -0.25) is 21.0 Å². The van der Waals surface area contributed by atoms with Crippen LogP contribution in [0, 0.1) is 5.41 Å². The Kier molecular flexibility index (Phi) is 4.34. The molecule has 6 nitrogen and oxygen atoms in total. The summed E-state index contributed by atoms with van der Waals surface area (Å²) in [6.45, 7) is 5.97. The van der Waals surface area contributed by atoms with Gasteiger partial charge in [-0.05, 0) is 40.0 Å². The van der Waals surface area contributed by atoms with Crippen molar-refractivity contribution in [1.82, 2.24) is 10.4 Å². The Labute approximate surface area is 101 Å². The maximum Gasteiger partial charge on any atom is 0.410 e. The van der Waals surface area contributed by atoms with Crippen LogP contribution in [0.1, 0.15) is 40.0 Å². The lowest BCUT2D eigenvalue weighted by Crippen LogP contribution is -2.52. The van der Waals surface area contributed by atoms with Crippen LogP contribution in [0.3, 0.4) is 0 Å². The first kappa shape index (κ1) is 13.8. The highest BCUT2D eigenvalue weighted by Crippen LogP contribution is 2.20. The van der Waals surface area contributed by atoms with E-state index in [1.165, 1.54) is 4.90 Å². The summed E-state index contributed by atoms with van der Waals surface area (Å²) in [6.07, 6.45) is 2.08. The van der Waals surface area contributed by atoms with Crippen LogP contribution in [0.5, 0.6) is 0 Å². The number of carbonyl (C=O) groups is 1. The number of nitrogens with one attached hydrogen (secondary N) is 2. The molecule has 0 spiro atoms. The van der Waals surface area contributed by atoms with Gasteiger partial charge < -0.3 is 4.74 Å². The quantitative estimate of drug-likeness (QED) is 0.372. The third kappa shape index (κ3) is 3.89. The molecule has 0 aliphatic carbocycles. The van der Waals surface area contributed by atoms with Crippen LogP contribution in [-0.4, -0.2) is 40.2 Å². The number of rotatable bonds is 1. The fourth-order valence-electron chi connectivity index (χ4n) is 1.85. The Morgan fingerprint density at radius 3 is 2.65 bits per heavy atom. The number of hydrogen-bond donors (Lipinski definition) is 3. The van der Waals surface area contributed by atoms with E-state index in [9.17, 15) is 4.79 Å². The predicted molar refractivity (Wildman–Crippen MR) is 63.2 cm³/mol. The van der Waals surface area contributed by atoms with Gasteiger partial charge >= 0.3 is 6.09 Å². The molecule has 0 aromatic carbocycles. The minimum Gasteiger partial charge on any atom is -0.444 e. The molecule has 1 aliphatic rings. The van der Waals surface area contributed by atoms with Crippen molar-refractivity contribution in [2.24, 2.45) is 0 Å². The van der Waals surface area contributed by atoms with Crippen molar-refractivity contribution >= 4 is 11.9 Å². The third-order valence-corrected chi connectivity index (χ3v) is 2.58. The molecule has 0 saturated carbocycles. The van der Waals surface area contributed by atoms with Gasteiger partial charge in [0.15, 0.2) is 0 Å². The number of amidine groups is 1. The van der Waals surface area contributed by atoms with Crippen LogP contribution in [0.25, 0.3) is 0 Å². The fourth-order valence-corrected chi connectivity index (χ4v) is 1.85. The van der Waals surface area contributed by atoms with Gasteiger partial charge in [0.25, 0.3) is 0 Å². The van der Waals surface area contributed by atoms with Crippen molar-refractivity contribution in [3.05, 3.63) is 0 Å². The summed E-state index contributed by atoms with van der Waals surface area (Å²) >= 11 is 0. The smallest absolute Gasteiger partial charge is 0.410 e. The molecule has 1 saturated heterocycles. The number of ether oxygens (including phenoxy) is 1. The molecule has 0 bridgehead atoms. The zero-order valence-electron chi connectivity index (χ0n) is 10.6. The van der Waals surface area contributed by atoms with Gasteiger partial charge in [-0.1, -0.05) is 0 Å². The summed E-state index contributed by atoms with van der Waals surface area (Å²) in [7, 11) is 0. The Balaban J connectivity index is 2.71. The monoisotopic (exact) mass is 243 g/mol. The number of hydrogen-bond acceptors (Lipinski definition) is 4. The molecule has 3 N–H and O–H groups in total. The van der Waals surface area contributed by atoms with E-state index in [-0.39, 0.29) is 5.84 Å². The lowest BCUT2D eigenvalue weighted by molar-refractivity contribution is 0.0155. The molecule has 6 heteroatoms. The first-order valence-corrected chi connectivity index (χ1v) is 5.83. The molecule has 17 heavy (non-hydrogen) atoms. The van der Waals surface area contributed by atoms with Gasteiger partial charge in [0.05, 0.1) is 6.04 Å². The SMILES string of the molecule is CC(C)(C)OC(=O)N1CCCC[C@@H]1C(=N)NO. The van der Waals surface area contributed by atoms with E-state index >= 15 is 0 Å². The maximum absolute atomic E-state index is 11.9. The molecular weight excluding hydrogens is 222 g/mol. The first-order chi connectivity index (χ1) is 7.85. The zero-order valence-corrected chi connectivity index (χ0v) is 10.6. The van der Waals surface area contributed by atoms with Gasteiger partial charge in [0.1, 0.15) is 11.4 Å². The van der Waals surface area contributed by atoms with Crippen LogP contribution in [0.4, 0.5) is 4.79 Å². The van der Waals surface area contributed by atoms with Crippen LogP contribution in [0.15, 0.2) is 0 Å². The molecule has 1 rings (SSSR count). The summed E-state index contributed by atoms with van der Waals surface area (Å²) in [5, 5.41) is 16.3. The maximum atomic E-state index is 11.9. The topological polar surface area (TPSA) is 85.7 Å². The van der Waals surface area contributed by atoms with Crippen molar-refractivity contribution in [2.45, 2.75) is 51.7 Å². The molecule has 0 unspecified atom stereocenters. The molecule has 0 aromatic heterocycles. The Hall–Kier alpha value is -1.30. The normalized spacial score (nSPS) is 20.9. The number of piperidine rings is 1. The second-order valence-electron chi connectivity index (χ2n) is 5.21. The van der Waals surface area contributed by atoms with Crippen molar-refractivity contribution in [1.29, 1.82) is 5.41 Å². The Bertz CT molecular complexity index is 299. The number of carbonyl (C=O) groups excluding carboxylic acids is 1. The molecule has 0 aromatic rings. The number of hydroxylamine groups is 1. The van der Waals surface area contributed by atoms with E-state index < -0.39 is 17.7 Å². The summed E-state index contributed by atoms with van der Waals surface area (Å²) in [6, 6.07) is -0.413. The Morgan fingerprint density at radius 2 is 2.12 bits per heavy atom. The summed E-state index contributed by atoms with van der Waals surface area (Å²) in [5.41, 5.74) is 1.27. The summed E-state index contributed by atoms with van der Waals surface area (Å²) < 4.78 is 5.28. The second kappa shape index (κ2) is 5.35. The third-order valence-electron chi connectivity index (χ3n) is 2.58. The standard InChI is InChI=1S/C11H21N3O3/c1-11(2,3)17-10(15)14-7-5-4-6-8(14)9(12)13-16/h8,16H,4-7H2,1-3H3,(H2,12,13)/t8-/m1/s1. The summed E-state index contributed by atoms with van der Waals surface area (Å²) in [4.78, 5) is 13.4. The molecule has 98 valence electrons. The number of amides is 1. The molecule has 1 atom stereocenters. The van der Waals surface area contributed by atoms with Crippen LogP contribution >= 0.6 is 0 Å². The van der Waals surface area contributed by atoms with Gasteiger partial charge in [-0.25, -0.2) is 4.79 Å². The van der Waals surface area contributed by atoms with E-state index in [0.29, 0.717) is 13.0 Å². The summed E-state index contributed by atoms with van der Waals surface area (Å²) in [5.74, 6) is -0.0597. The van der Waals surface area contributed by atoms with Crippen molar-refractivity contribution in [3.8, 4) is 0 Å².